The van der Waals surface area contributed by atoms with Crippen molar-refractivity contribution in [3.05, 3.63) is 29.8 Å². The van der Waals surface area contributed by atoms with Gasteiger partial charge in [0.15, 0.2) is 18.2 Å². The molecule has 0 heterocycles. The molecule has 0 saturated heterocycles. The maximum Gasteiger partial charge on any atom is 0.257 e. The first-order valence-corrected chi connectivity index (χ1v) is 6.09. The van der Waals surface area contributed by atoms with Crippen molar-refractivity contribution in [2.45, 2.75) is 19.3 Å². The molecule has 1 rings (SSSR count). The Balaban J connectivity index is 2.22. The van der Waals surface area contributed by atoms with Gasteiger partial charge >= 0.3 is 0 Å². The summed E-state index contributed by atoms with van der Waals surface area (Å²) in [4.78, 5) is 11.3. The first-order valence-electron chi connectivity index (χ1n) is 6.09. The topological polar surface area (TPSA) is 58.6 Å². The van der Waals surface area contributed by atoms with E-state index in [1.165, 1.54) is 0 Å². The summed E-state index contributed by atoms with van der Waals surface area (Å²) >= 11 is 0. The Morgan fingerprint density at radius 1 is 1.26 bits per heavy atom. The number of carbonyl (C=O) groups excluding carboxylic acids is 1. The van der Waals surface area contributed by atoms with Crippen LogP contribution in [0.3, 0.4) is 0 Å². The van der Waals surface area contributed by atoms with Crippen molar-refractivity contribution in [1.29, 1.82) is 0 Å². The van der Waals surface area contributed by atoms with Gasteiger partial charge in [-0.1, -0.05) is 0 Å². The van der Waals surface area contributed by atoms with Crippen LogP contribution in [-0.4, -0.2) is 30.8 Å². The van der Waals surface area contributed by atoms with Crippen molar-refractivity contribution in [2.75, 3.05) is 19.8 Å². The van der Waals surface area contributed by atoms with Crippen molar-refractivity contribution >= 4 is 5.91 Å². The number of hydrogen-bond donors (Lipinski definition) is 2. The second kappa shape index (κ2) is 8.42. The highest BCUT2D eigenvalue weighted by Gasteiger charge is 2.07. The average molecular weight is 273 g/mol. The van der Waals surface area contributed by atoms with Crippen LogP contribution in [0, 0.1) is 11.6 Å². The van der Waals surface area contributed by atoms with Crippen molar-refractivity contribution in [1.82, 2.24) is 5.32 Å². The maximum atomic E-state index is 13.2. The summed E-state index contributed by atoms with van der Waals surface area (Å²) < 4.78 is 30.7. The number of ether oxygens (including phenoxy) is 1. The SMILES string of the molecule is O=C(COc1ccc(F)cc1F)NCCCCCO. The Bertz CT molecular complexity index is 413. The summed E-state index contributed by atoms with van der Waals surface area (Å²) in [6.45, 7) is 0.303. The molecule has 1 amide bonds. The molecule has 4 nitrogen and oxygen atoms in total. The van der Waals surface area contributed by atoms with E-state index in [4.69, 9.17) is 9.84 Å². The first kappa shape index (κ1) is 15.4. The highest BCUT2D eigenvalue weighted by Crippen LogP contribution is 2.17. The second-order valence-corrected chi connectivity index (χ2v) is 4.00. The van der Waals surface area contributed by atoms with Crippen LogP contribution in [0.2, 0.25) is 0 Å². The van der Waals surface area contributed by atoms with E-state index in [9.17, 15) is 13.6 Å². The van der Waals surface area contributed by atoms with E-state index in [-0.39, 0.29) is 24.9 Å². The standard InChI is InChI=1S/C13H17F2NO3/c14-10-4-5-12(11(15)8-10)19-9-13(18)16-6-2-1-3-7-17/h4-5,8,17H,1-3,6-7,9H2,(H,16,18). The summed E-state index contributed by atoms with van der Waals surface area (Å²) in [7, 11) is 0. The van der Waals surface area contributed by atoms with Crippen LogP contribution in [0.25, 0.3) is 0 Å². The van der Waals surface area contributed by atoms with E-state index in [0.29, 0.717) is 19.0 Å². The number of carbonyl (C=O) groups is 1. The Labute approximate surface area is 110 Å². The van der Waals surface area contributed by atoms with Gasteiger partial charge in [0.2, 0.25) is 0 Å². The van der Waals surface area contributed by atoms with Crippen molar-refractivity contribution in [2.24, 2.45) is 0 Å². The van der Waals surface area contributed by atoms with Crippen molar-refractivity contribution in [3.63, 3.8) is 0 Å². The fourth-order valence-corrected chi connectivity index (χ4v) is 1.43. The van der Waals surface area contributed by atoms with Crippen LogP contribution in [0.5, 0.6) is 5.75 Å². The lowest BCUT2D eigenvalue weighted by molar-refractivity contribution is -0.123. The monoisotopic (exact) mass is 273 g/mol. The molecule has 0 spiro atoms. The van der Waals surface area contributed by atoms with E-state index >= 15 is 0 Å². The van der Waals surface area contributed by atoms with E-state index in [2.05, 4.69) is 5.32 Å². The van der Waals surface area contributed by atoms with Crippen LogP contribution >= 0.6 is 0 Å². The third kappa shape index (κ3) is 6.15. The zero-order chi connectivity index (χ0) is 14.1. The Morgan fingerprint density at radius 2 is 2.05 bits per heavy atom. The summed E-state index contributed by atoms with van der Waals surface area (Å²) in [6.07, 6.45) is 2.29. The predicted molar refractivity (Wildman–Crippen MR) is 65.8 cm³/mol. The number of benzene rings is 1. The molecule has 19 heavy (non-hydrogen) atoms. The average Bonchev–Trinajstić information content (AvgIpc) is 2.37. The van der Waals surface area contributed by atoms with Gasteiger partial charge in [0, 0.05) is 19.2 Å². The molecule has 0 bridgehead atoms. The highest BCUT2D eigenvalue weighted by molar-refractivity contribution is 5.77. The van der Waals surface area contributed by atoms with Gasteiger partial charge in [-0.2, -0.15) is 0 Å². The molecule has 0 aliphatic heterocycles. The Kier molecular flexibility index (Phi) is 6.81. The fourth-order valence-electron chi connectivity index (χ4n) is 1.43. The minimum Gasteiger partial charge on any atom is -0.481 e. The number of unbranched alkanes of at least 4 members (excludes halogenated alkanes) is 2. The molecule has 6 heteroatoms. The van der Waals surface area contributed by atoms with E-state index in [1.54, 1.807) is 0 Å². The van der Waals surface area contributed by atoms with Crippen LogP contribution in [-0.2, 0) is 4.79 Å². The van der Waals surface area contributed by atoms with E-state index < -0.39 is 11.6 Å². The van der Waals surface area contributed by atoms with E-state index in [1.807, 2.05) is 0 Å². The minimum absolute atomic E-state index is 0.140. The van der Waals surface area contributed by atoms with Gasteiger partial charge in [0.25, 0.3) is 5.91 Å². The number of halogens is 2. The third-order valence-electron chi connectivity index (χ3n) is 2.41. The van der Waals surface area contributed by atoms with Gasteiger partial charge in [0.1, 0.15) is 5.82 Å². The molecule has 0 aromatic heterocycles. The van der Waals surface area contributed by atoms with Crippen LogP contribution in [0.1, 0.15) is 19.3 Å². The Morgan fingerprint density at radius 3 is 2.74 bits per heavy atom. The van der Waals surface area contributed by atoms with Crippen molar-refractivity contribution < 1.29 is 23.4 Å². The lowest BCUT2D eigenvalue weighted by Gasteiger charge is -2.08. The normalized spacial score (nSPS) is 10.3. The quantitative estimate of drug-likeness (QED) is 0.708. The number of aliphatic hydroxyl groups is 1. The molecule has 1 aromatic carbocycles. The first-order chi connectivity index (χ1) is 9.13. The largest absolute Gasteiger partial charge is 0.481 e. The molecule has 1 aromatic rings. The fraction of sp³-hybridized carbons (Fsp3) is 0.462. The molecular weight excluding hydrogens is 256 g/mol. The number of amides is 1. The van der Waals surface area contributed by atoms with Crippen LogP contribution in [0.4, 0.5) is 8.78 Å². The molecule has 106 valence electrons. The Hall–Kier alpha value is -1.69. The molecule has 0 atom stereocenters. The van der Waals surface area contributed by atoms with E-state index in [0.717, 1.165) is 25.0 Å². The number of hydrogen-bond acceptors (Lipinski definition) is 3. The molecule has 0 radical (unpaired) electrons. The predicted octanol–water partition coefficient (Wildman–Crippen LogP) is 1.62. The smallest absolute Gasteiger partial charge is 0.257 e. The maximum absolute atomic E-state index is 13.2. The van der Waals surface area contributed by atoms with Gasteiger partial charge < -0.3 is 15.2 Å². The van der Waals surface area contributed by atoms with Gasteiger partial charge in [0.05, 0.1) is 0 Å². The highest BCUT2D eigenvalue weighted by atomic mass is 19.1. The molecule has 2 N–H and O–H groups in total. The molecular formula is C13H17F2NO3. The summed E-state index contributed by atoms with van der Waals surface area (Å²) in [5, 5.41) is 11.2. The lowest BCUT2D eigenvalue weighted by atomic mass is 10.2. The zero-order valence-electron chi connectivity index (χ0n) is 10.5. The number of nitrogens with one attached hydrogen (secondary N) is 1. The van der Waals surface area contributed by atoms with Crippen LogP contribution in [0.15, 0.2) is 18.2 Å². The summed E-state index contributed by atoms with van der Waals surface area (Å²) in [5.74, 6) is -2.06. The van der Waals surface area contributed by atoms with Gasteiger partial charge in [-0.25, -0.2) is 8.78 Å². The molecule has 0 saturated carbocycles. The molecule has 0 fully saturated rings. The lowest BCUT2D eigenvalue weighted by Crippen LogP contribution is -2.29. The van der Waals surface area contributed by atoms with Crippen molar-refractivity contribution in [3.8, 4) is 5.75 Å². The van der Waals surface area contributed by atoms with Gasteiger partial charge in [-0.05, 0) is 31.4 Å². The number of rotatable bonds is 8. The molecule has 0 aliphatic rings. The van der Waals surface area contributed by atoms with Crippen LogP contribution < -0.4 is 10.1 Å². The second-order valence-electron chi connectivity index (χ2n) is 4.00. The minimum atomic E-state index is -0.837. The van der Waals surface area contributed by atoms with Gasteiger partial charge in [-0.3, -0.25) is 4.79 Å². The third-order valence-corrected chi connectivity index (χ3v) is 2.41. The summed E-state index contributed by atoms with van der Waals surface area (Å²) in [5.41, 5.74) is 0. The zero-order valence-corrected chi connectivity index (χ0v) is 10.5. The molecule has 0 aliphatic carbocycles. The number of aliphatic hydroxyl groups excluding tert-OH is 1. The summed E-state index contributed by atoms with van der Waals surface area (Å²) in [6, 6.07) is 2.90. The van der Waals surface area contributed by atoms with Gasteiger partial charge in [-0.15, -0.1) is 0 Å². The molecule has 0 unspecified atom stereocenters.